The highest BCUT2D eigenvalue weighted by molar-refractivity contribution is 7.89. The molecule has 2 unspecified atom stereocenters. The zero-order valence-electron chi connectivity index (χ0n) is 11.7. The van der Waals surface area contributed by atoms with Crippen LogP contribution in [0.3, 0.4) is 0 Å². The minimum Gasteiger partial charge on any atom is -0.380 e. The van der Waals surface area contributed by atoms with Crippen LogP contribution >= 0.6 is 0 Å². The van der Waals surface area contributed by atoms with E-state index in [2.05, 4.69) is 6.92 Å². The van der Waals surface area contributed by atoms with Gasteiger partial charge in [0.05, 0.1) is 11.5 Å². The molecule has 2 atom stereocenters. The lowest BCUT2D eigenvalue weighted by Gasteiger charge is -2.22. The minimum absolute atomic E-state index is 0.0728. The van der Waals surface area contributed by atoms with Crippen LogP contribution in [0.2, 0.25) is 0 Å². The Morgan fingerprint density at radius 1 is 1.26 bits per heavy atom. The second-order valence-electron chi connectivity index (χ2n) is 5.20. The van der Waals surface area contributed by atoms with Crippen LogP contribution in [-0.2, 0) is 21.4 Å². The Labute approximate surface area is 115 Å². The molecular formula is C14H21NO3S. The number of methoxy groups -OCH3 is 1. The quantitative estimate of drug-likeness (QED) is 0.851. The van der Waals surface area contributed by atoms with E-state index in [1.54, 1.807) is 35.7 Å². The molecule has 1 aromatic rings. The molecule has 0 aliphatic carbocycles. The van der Waals surface area contributed by atoms with Crippen molar-refractivity contribution in [3.05, 3.63) is 29.8 Å². The molecule has 0 saturated carbocycles. The van der Waals surface area contributed by atoms with Gasteiger partial charge in [0, 0.05) is 19.7 Å². The summed E-state index contributed by atoms with van der Waals surface area (Å²) < 4.78 is 31.7. The first-order valence-corrected chi connectivity index (χ1v) is 8.00. The van der Waals surface area contributed by atoms with Gasteiger partial charge >= 0.3 is 0 Å². The maximum Gasteiger partial charge on any atom is 0.243 e. The van der Waals surface area contributed by atoms with E-state index in [0.717, 1.165) is 12.0 Å². The number of nitrogens with zero attached hydrogens (tertiary/aromatic N) is 1. The Morgan fingerprint density at radius 2 is 1.89 bits per heavy atom. The maximum absolute atomic E-state index is 12.6. The van der Waals surface area contributed by atoms with Crippen molar-refractivity contribution in [2.24, 2.45) is 5.92 Å². The van der Waals surface area contributed by atoms with Gasteiger partial charge in [-0.1, -0.05) is 19.1 Å². The Hall–Kier alpha value is -0.910. The minimum atomic E-state index is -3.36. The lowest BCUT2D eigenvalue weighted by atomic mass is 10.1. The summed E-state index contributed by atoms with van der Waals surface area (Å²) in [4.78, 5) is 0.369. The molecule has 19 heavy (non-hydrogen) atoms. The Kier molecular flexibility index (Phi) is 4.28. The molecule has 0 bridgehead atoms. The molecule has 0 aromatic heterocycles. The van der Waals surface area contributed by atoms with E-state index in [0.29, 0.717) is 24.0 Å². The molecule has 0 spiro atoms. The van der Waals surface area contributed by atoms with Crippen LogP contribution in [0.25, 0.3) is 0 Å². The van der Waals surface area contributed by atoms with Crippen LogP contribution < -0.4 is 0 Å². The molecular weight excluding hydrogens is 262 g/mol. The zero-order chi connectivity index (χ0) is 14.0. The number of hydrogen-bond donors (Lipinski definition) is 0. The van der Waals surface area contributed by atoms with Gasteiger partial charge in [-0.25, -0.2) is 8.42 Å². The SMILES string of the molecule is COCc1ccc(S(=O)(=O)N2CCC(C)C2C)cc1. The van der Waals surface area contributed by atoms with Crippen molar-refractivity contribution in [3.63, 3.8) is 0 Å². The van der Waals surface area contributed by atoms with Crippen LogP contribution in [0.1, 0.15) is 25.8 Å². The molecule has 0 amide bonds. The number of rotatable bonds is 4. The fraction of sp³-hybridized carbons (Fsp3) is 0.571. The summed E-state index contributed by atoms with van der Waals surface area (Å²) in [5, 5.41) is 0. The van der Waals surface area contributed by atoms with Gasteiger partial charge in [-0.15, -0.1) is 0 Å². The largest absolute Gasteiger partial charge is 0.380 e. The summed E-state index contributed by atoms with van der Waals surface area (Å²) >= 11 is 0. The fourth-order valence-corrected chi connectivity index (χ4v) is 4.20. The van der Waals surface area contributed by atoms with E-state index in [-0.39, 0.29) is 6.04 Å². The molecule has 106 valence electrons. The first kappa shape index (κ1) is 14.5. The third kappa shape index (κ3) is 2.83. The van der Waals surface area contributed by atoms with Crippen molar-refractivity contribution < 1.29 is 13.2 Å². The summed E-state index contributed by atoms with van der Waals surface area (Å²) in [5.74, 6) is 0.419. The molecule has 5 heteroatoms. The molecule has 2 rings (SSSR count). The lowest BCUT2D eigenvalue weighted by Crippen LogP contribution is -2.35. The van der Waals surface area contributed by atoms with Crippen LogP contribution in [0, 0.1) is 5.92 Å². The van der Waals surface area contributed by atoms with Crippen LogP contribution in [0.4, 0.5) is 0 Å². The monoisotopic (exact) mass is 283 g/mol. The van der Waals surface area contributed by atoms with E-state index < -0.39 is 10.0 Å². The first-order valence-electron chi connectivity index (χ1n) is 6.56. The van der Waals surface area contributed by atoms with E-state index in [9.17, 15) is 8.42 Å². The normalized spacial score (nSPS) is 24.8. The summed E-state index contributed by atoms with van der Waals surface area (Å²) in [6.07, 6.45) is 0.933. The average Bonchev–Trinajstić information content (AvgIpc) is 2.72. The number of sulfonamides is 1. The fourth-order valence-electron chi connectivity index (χ4n) is 2.46. The molecule has 1 saturated heterocycles. The highest BCUT2D eigenvalue weighted by Crippen LogP contribution is 2.29. The van der Waals surface area contributed by atoms with E-state index in [4.69, 9.17) is 4.74 Å². The number of ether oxygens (including phenoxy) is 1. The Morgan fingerprint density at radius 3 is 2.37 bits per heavy atom. The van der Waals surface area contributed by atoms with Gasteiger partial charge < -0.3 is 4.74 Å². The van der Waals surface area contributed by atoms with Crippen LogP contribution in [-0.4, -0.2) is 32.4 Å². The van der Waals surface area contributed by atoms with Crippen molar-refractivity contribution >= 4 is 10.0 Å². The second-order valence-corrected chi connectivity index (χ2v) is 7.09. The molecule has 0 radical (unpaired) electrons. The average molecular weight is 283 g/mol. The number of hydrogen-bond acceptors (Lipinski definition) is 3. The molecule has 1 heterocycles. The predicted octanol–water partition coefficient (Wildman–Crippen LogP) is 2.25. The van der Waals surface area contributed by atoms with Crippen molar-refractivity contribution in [2.75, 3.05) is 13.7 Å². The van der Waals surface area contributed by atoms with Gasteiger partial charge in [0.1, 0.15) is 0 Å². The van der Waals surface area contributed by atoms with Crippen LogP contribution in [0.5, 0.6) is 0 Å². The predicted molar refractivity (Wildman–Crippen MR) is 74.3 cm³/mol. The van der Waals surface area contributed by atoms with Gasteiger partial charge in [-0.3, -0.25) is 0 Å². The van der Waals surface area contributed by atoms with Gasteiger partial charge in [0.2, 0.25) is 10.0 Å². The summed E-state index contributed by atoms with van der Waals surface area (Å²) in [6, 6.07) is 7.02. The Balaban J connectivity index is 2.24. The molecule has 1 aliphatic rings. The smallest absolute Gasteiger partial charge is 0.243 e. The topological polar surface area (TPSA) is 46.6 Å². The highest BCUT2D eigenvalue weighted by Gasteiger charge is 2.36. The van der Waals surface area contributed by atoms with Crippen molar-refractivity contribution in [1.29, 1.82) is 0 Å². The lowest BCUT2D eigenvalue weighted by molar-refractivity contribution is 0.185. The molecule has 1 fully saturated rings. The molecule has 1 aromatic carbocycles. The van der Waals surface area contributed by atoms with Gasteiger partial charge in [-0.05, 0) is 37.0 Å². The standard InChI is InChI=1S/C14H21NO3S/c1-11-8-9-15(12(11)2)19(16,17)14-6-4-13(5-7-14)10-18-3/h4-7,11-12H,8-10H2,1-3H3. The van der Waals surface area contributed by atoms with Crippen LogP contribution in [0.15, 0.2) is 29.2 Å². The zero-order valence-corrected chi connectivity index (χ0v) is 12.5. The van der Waals surface area contributed by atoms with E-state index in [1.165, 1.54) is 0 Å². The van der Waals surface area contributed by atoms with Crippen molar-refractivity contribution in [2.45, 2.75) is 37.8 Å². The van der Waals surface area contributed by atoms with Crippen molar-refractivity contribution in [1.82, 2.24) is 4.31 Å². The van der Waals surface area contributed by atoms with Crippen molar-refractivity contribution in [3.8, 4) is 0 Å². The maximum atomic E-state index is 12.6. The molecule has 4 nitrogen and oxygen atoms in total. The Bertz CT molecular complexity index is 524. The van der Waals surface area contributed by atoms with Gasteiger partial charge in [0.15, 0.2) is 0 Å². The highest BCUT2D eigenvalue weighted by atomic mass is 32.2. The van der Waals surface area contributed by atoms with E-state index >= 15 is 0 Å². The van der Waals surface area contributed by atoms with Gasteiger partial charge in [-0.2, -0.15) is 4.31 Å². The summed E-state index contributed by atoms with van der Waals surface area (Å²) in [7, 11) is -1.74. The third-order valence-corrected chi connectivity index (χ3v) is 5.92. The summed E-state index contributed by atoms with van der Waals surface area (Å²) in [5.41, 5.74) is 0.976. The molecule has 0 N–H and O–H groups in total. The van der Waals surface area contributed by atoms with Gasteiger partial charge in [0.25, 0.3) is 0 Å². The summed E-state index contributed by atoms with van der Waals surface area (Å²) in [6.45, 7) is 5.19. The van der Waals surface area contributed by atoms with E-state index in [1.807, 2.05) is 6.92 Å². The molecule has 1 aliphatic heterocycles. The third-order valence-electron chi connectivity index (χ3n) is 3.92. The first-order chi connectivity index (χ1) is 8.96. The number of benzene rings is 1. The second kappa shape index (κ2) is 5.61.